The Balaban J connectivity index is 1.75. The van der Waals surface area contributed by atoms with Gasteiger partial charge in [0.2, 0.25) is 5.88 Å². The molecule has 2 aromatic carbocycles. The van der Waals surface area contributed by atoms with Crippen LogP contribution in [-0.4, -0.2) is 27.0 Å². The molecule has 1 aromatic heterocycles. The first-order chi connectivity index (χ1) is 14.5. The summed E-state index contributed by atoms with van der Waals surface area (Å²) >= 11 is 0. The molecule has 4 rings (SSSR count). The van der Waals surface area contributed by atoms with Crippen molar-refractivity contribution in [2.45, 2.75) is 26.3 Å². The van der Waals surface area contributed by atoms with Crippen LogP contribution in [0.15, 0.2) is 63.2 Å². The van der Waals surface area contributed by atoms with Crippen molar-refractivity contribution in [2.75, 3.05) is 6.61 Å². The molecule has 3 N–H and O–H groups in total. The molecule has 30 heavy (non-hydrogen) atoms. The molecule has 0 saturated carbocycles. The minimum absolute atomic E-state index is 0.0262. The summed E-state index contributed by atoms with van der Waals surface area (Å²) in [6, 6.07) is 14.5. The second kappa shape index (κ2) is 7.90. The van der Waals surface area contributed by atoms with Gasteiger partial charge in [0.1, 0.15) is 11.3 Å². The molecule has 0 unspecified atom stereocenters. The van der Waals surface area contributed by atoms with Gasteiger partial charge < -0.3 is 15.3 Å². The number of aromatic nitrogens is 2. The fourth-order valence-electron chi connectivity index (χ4n) is 3.66. The van der Waals surface area contributed by atoms with Crippen molar-refractivity contribution < 1.29 is 9.84 Å². The fourth-order valence-corrected chi connectivity index (χ4v) is 3.66. The second-order valence-electron chi connectivity index (χ2n) is 6.99. The lowest BCUT2D eigenvalue weighted by Crippen LogP contribution is -2.33. The van der Waals surface area contributed by atoms with Crippen LogP contribution in [0.2, 0.25) is 0 Å². The van der Waals surface area contributed by atoms with E-state index in [1.54, 1.807) is 12.1 Å². The number of ether oxygens (including phenoxy) is 1. The van der Waals surface area contributed by atoms with E-state index < -0.39 is 17.1 Å². The van der Waals surface area contributed by atoms with Crippen molar-refractivity contribution in [1.29, 1.82) is 0 Å². The highest BCUT2D eigenvalue weighted by molar-refractivity contribution is 6.03. The topological polar surface area (TPSA) is 109 Å². The van der Waals surface area contributed by atoms with Gasteiger partial charge in [-0.1, -0.05) is 36.4 Å². The van der Waals surface area contributed by atoms with Crippen molar-refractivity contribution in [2.24, 2.45) is 5.10 Å². The van der Waals surface area contributed by atoms with Gasteiger partial charge in [-0.15, -0.1) is 0 Å². The van der Waals surface area contributed by atoms with Gasteiger partial charge in [0.05, 0.1) is 24.0 Å². The van der Waals surface area contributed by atoms with Gasteiger partial charge in [0.15, 0.2) is 0 Å². The molecule has 1 aliphatic heterocycles. The Kier molecular flexibility index (Phi) is 5.14. The summed E-state index contributed by atoms with van der Waals surface area (Å²) in [4.78, 5) is 27.3. The van der Waals surface area contributed by atoms with E-state index in [2.05, 4.69) is 15.5 Å². The number of para-hydroxylation sites is 2. The van der Waals surface area contributed by atoms with Gasteiger partial charge in [-0.2, -0.15) is 5.10 Å². The number of aromatic amines is 1. The molecule has 0 aliphatic carbocycles. The Morgan fingerprint density at radius 3 is 2.67 bits per heavy atom. The molecule has 0 fully saturated rings. The lowest BCUT2D eigenvalue weighted by atomic mass is 9.99. The van der Waals surface area contributed by atoms with Crippen LogP contribution in [0.25, 0.3) is 5.69 Å². The van der Waals surface area contributed by atoms with Gasteiger partial charge in [0.25, 0.3) is 5.56 Å². The van der Waals surface area contributed by atoms with Crippen LogP contribution in [0, 0.1) is 6.92 Å². The first-order valence-electron chi connectivity index (χ1n) is 9.69. The summed E-state index contributed by atoms with van der Waals surface area (Å²) in [5, 5.41) is 15.2. The molecule has 0 spiro atoms. The molecule has 8 nitrogen and oxygen atoms in total. The highest BCUT2D eigenvalue weighted by atomic mass is 16.5. The highest BCUT2D eigenvalue weighted by Crippen LogP contribution is 2.32. The first kappa shape index (κ1) is 19.5. The van der Waals surface area contributed by atoms with Crippen molar-refractivity contribution >= 4 is 5.71 Å². The van der Waals surface area contributed by atoms with E-state index in [0.717, 1.165) is 21.4 Å². The average Bonchev–Trinajstić information content (AvgIpc) is 3.19. The van der Waals surface area contributed by atoms with Gasteiger partial charge in [0, 0.05) is 12.0 Å². The summed E-state index contributed by atoms with van der Waals surface area (Å²) < 4.78 is 6.78. The van der Waals surface area contributed by atoms with Crippen LogP contribution in [0.4, 0.5) is 0 Å². The maximum Gasteiger partial charge on any atom is 0.335 e. The van der Waals surface area contributed by atoms with Crippen molar-refractivity contribution in [3.05, 3.63) is 86.1 Å². The molecule has 8 heteroatoms. The van der Waals surface area contributed by atoms with Gasteiger partial charge in [-0.05, 0) is 31.5 Å². The Bertz CT molecular complexity index is 1240. The Morgan fingerprint density at radius 1 is 1.17 bits per heavy atom. The summed E-state index contributed by atoms with van der Waals surface area (Å²) in [7, 11) is 0. The zero-order valence-electron chi connectivity index (χ0n) is 16.7. The normalized spacial score (nSPS) is 15.5. The Hall–Kier alpha value is -3.81. The fraction of sp³-hybridized carbons (Fsp3) is 0.227. The van der Waals surface area contributed by atoms with Gasteiger partial charge in [-0.3, -0.25) is 9.78 Å². The standard InChI is InChI=1S/C22H22N4O4/c1-3-30-18-11-7-5-9-14(18)15-12-16(25-24-15)19-20(27)23-22(29)26(21(19)28)17-10-6-4-8-13(17)2/h4-11,15,24,28H,3,12H2,1-2H3,(H,23,27,29)/t15-/m0/s1. The molecule has 1 aliphatic rings. The zero-order chi connectivity index (χ0) is 21.3. The monoisotopic (exact) mass is 406 g/mol. The smallest absolute Gasteiger partial charge is 0.335 e. The number of benzene rings is 2. The first-order valence-corrected chi connectivity index (χ1v) is 9.69. The van der Waals surface area contributed by atoms with E-state index >= 15 is 0 Å². The SMILES string of the molecule is CCOc1ccccc1[C@@H]1CC(c2c(O)n(-c3ccccc3C)c(=O)[nH]c2=O)=NN1. The number of aromatic hydroxyl groups is 1. The molecule has 3 aromatic rings. The molecule has 1 atom stereocenters. The van der Waals surface area contributed by atoms with Crippen LogP contribution >= 0.6 is 0 Å². The second-order valence-corrected chi connectivity index (χ2v) is 6.99. The molecule has 2 heterocycles. The van der Waals surface area contributed by atoms with E-state index in [1.165, 1.54) is 0 Å². The van der Waals surface area contributed by atoms with E-state index in [-0.39, 0.29) is 11.6 Å². The van der Waals surface area contributed by atoms with Crippen LogP contribution in [0.1, 0.15) is 36.1 Å². The quantitative estimate of drug-likeness (QED) is 0.603. The van der Waals surface area contributed by atoms with E-state index in [4.69, 9.17) is 4.74 Å². The van der Waals surface area contributed by atoms with E-state index in [0.29, 0.717) is 24.4 Å². The zero-order valence-corrected chi connectivity index (χ0v) is 16.7. The summed E-state index contributed by atoms with van der Waals surface area (Å²) in [6.07, 6.45) is 0.354. The average molecular weight is 406 g/mol. The molecule has 0 radical (unpaired) electrons. The molecular formula is C22H22N4O4. The lowest BCUT2D eigenvalue weighted by Gasteiger charge is -2.16. The summed E-state index contributed by atoms with van der Waals surface area (Å²) in [5.74, 6) is 0.300. The van der Waals surface area contributed by atoms with E-state index in [1.807, 2.05) is 50.2 Å². The number of hydrogen-bond donors (Lipinski definition) is 3. The summed E-state index contributed by atoms with van der Waals surface area (Å²) in [5.41, 5.74) is 4.14. The predicted molar refractivity (Wildman–Crippen MR) is 114 cm³/mol. The number of rotatable bonds is 5. The number of nitrogens with zero attached hydrogens (tertiary/aromatic N) is 2. The third-order valence-electron chi connectivity index (χ3n) is 5.08. The summed E-state index contributed by atoms with van der Waals surface area (Å²) in [6.45, 7) is 4.26. The van der Waals surface area contributed by atoms with Crippen LogP contribution in [0.5, 0.6) is 11.6 Å². The maximum absolute atomic E-state index is 12.6. The third kappa shape index (κ3) is 3.36. The van der Waals surface area contributed by atoms with Gasteiger partial charge >= 0.3 is 5.69 Å². The predicted octanol–water partition coefficient (Wildman–Crippen LogP) is 2.38. The van der Waals surface area contributed by atoms with Crippen LogP contribution in [0.3, 0.4) is 0 Å². The van der Waals surface area contributed by atoms with Crippen molar-refractivity contribution in [3.63, 3.8) is 0 Å². The highest BCUT2D eigenvalue weighted by Gasteiger charge is 2.29. The molecule has 0 saturated heterocycles. The maximum atomic E-state index is 12.6. The molecular weight excluding hydrogens is 384 g/mol. The molecule has 0 bridgehead atoms. The minimum Gasteiger partial charge on any atom is -0.494 e. The molecule has 0 amide bonds. The Morgan fingerprint density at radius 2 is 1.90 bits per heavy atom. The van der Waals surface area contributed by atoms with Crippen molar-refractivity contribution in [3.8, 4) is 17.3 Å². The lowest BCUT2D eigenvalue weighted by molar-refractivity contribution is 0.332. The van der Waals surface area contributed by atoms with Crippen LogP contribution < -0.4 is 21.4 Å². The van der Waals surface area contributed by atoms with E-state index in [9.17, 15) is 14.7 Å². The number of H-pyrrole nitrogens is 1. The van der Waals surface area contributed by atoms with Crippen LogP contribution in [-0.2, 0) is 0 Å². The number of hydrazone groups is 1. The van der Waals surface area contributed by atoms with Gasteiger partial charge in [-0.25, -0.2) is 9.36 Å². The Labute approximate surface area is 172 Å². The largest absolute Gasteiger partial charge is 0.494 e. The molecule has 154 valence electrons. The minimum atomic E-state index is -0.708. The number of nitrogens with one attached hydrogen (secondary N) is 2. The number of hydrogen-bond acceptors (Lipinski definition) is 6. The van der Waals surface area contributed by atoms with Crippen molar-refractivity contribution in [1.82, 2.24) is 15.0 Å². The third-order valence-corrected chi connectivity index (χ3v) is 5.08. The number of aryl methyl sites for hydroxylation is 1.